The zero-order valence-electron chi connectivity index (χ0n) is 15.2. The van der Waals surface area contributed by atoms with E-state index in [9.17, 15) is 19.2 Å². The summed E-state index contributed by atoms with van der Waals surface area (Å²) in [6.07, 6.45) is -0.319. The molecule has 0 aliphatic heterocycles. The van der Waals surface area contributed by atoms with Gasteiger partial charge in [0.05, 0.1) is 6.42 Å². The highest BCUT2D eigenvalue weighted by Gasteiger charge is 2.27. The van der Waals surface area contributed by atoms with Crippen molar-refractivity contribution in [2.24, 2.45) is 5.73 Å². The lowest BCUT2D eigenvalue weighted by Crippen LogP contribution is -2.52. The lowest BCUT2D eigenvalue weighted by Gasteiger charge is -2.22. The molecule has 1 unspecified atom stereocenters. The summed E-state index contributed by atoms with van der Waals surface area (Å²) >= 11 is 0. The number of nitrogens with one attached hydrogen (secondary N) is 4. The minimum Gasteiger partial charge on any atom is -0.481 e. The van der Waals surface area contributed by atoms with E-state index in [-0.39, 0.29) is 19.0 Å². The topological polar surface area (TPSA) is 184 Å². The lowest BCUT2D eigenvalue weighted by molar-refractivity contribution is -0.141. The molecule has 2 amide bonds. The maximum absolute atomic E-state index is 12.5. The quantitative estimate of drug-likeness (QED) is 0.113. The molecule has 0 aliphatic rings. The van der Waals surface area contributed by atoms with Crippen molar-refractivity contribution in [3.05, 3.63) is 29.8 Å². The highest BCUT2D eigenvalue weighted by atomic mass is 16.5. The number of aliphatic carboxylic acids is 1. The van der Waals surface area contributed by atoms with Crippen molar-refractivity contribution in [3.8, 4) is 0 Å². The van der Waals surface area contributed by atoms with E-state index >= 15 is 0 Å². The third kappa shape index (κ3) is 7.41. The van der Waals surface area contributed by atoms with E-state index in [1.165, 1.54) is 7.11 Å². The molecule has 0 saturated carbocycles. The molecule has 0 aliphatic carbocycles. The van der Waals surface area contributed by atoms with Crippen LogP contribution < -0.4 is 21.7 Å². The molecule has 0 bridgehead atoms. The molecule has 0 heterocycles. The summed E-state index contributed by atoms with van der Waals surface area (Å²) in [6, 6.07) is 3.89. The summed E-state index contributed by atoms with van der Waals surface area (Å²) in [5.41, 5.74) is 6.34. The fraction of sp³-hybridized carbons (Fsp3) is 0.353. The highest BCUT2D eigenvalue weighted by molar-refractivity contribution is 5.96. The van der Waals surface area contributed by atoms with Gasteiger partial charge in [0.2, 0.25) is 11.8 Å². The van der Waals surface area contributed by atoms with Gasteiger partial charge in [0.15, 0.2) is 0 Å². The second-order valence-electron chi connectivity index (χ2n) is 5.72. The number of amidine groups is 1. The molecule has 1 rings (SSSR count). The molecule has 0 spiro atoms. The van der Waals surface area contributed by atoms with Crippen LogP contribution in [0.15, 0.2) is 24.3 Å². The summed E-state index contributed by atoms with van der Waals surface area (Å²) in [5.74, 6) is -2.85. The van der Waals surface area contributed by atoms with E-state index in [2.05, 4.69) is 20.7 Å². The SMILES string of the molecule is COCNC(=O)[C@H](CC(=O)O)NC(=O)C(CC=O)Nc1ccc(C(=N)N)cc1. The Kier molecular flexibility index (Phi) is 9.10. The van der Waals surface area contributed by atoms with Gasteiger partial charge in [-0.3, -0.25) is 19.8 Å². The van der Waals surface area contributed by atoms with Crippen LogP contribution in [0.25, 0.3) is 0 Å². The van der Waals surface area contributed by atoms with Gasteiger partial charge >= 0.3 is 5.97 Å². The summed E-state index contributed by atoms with van der Waals surface area (Å²) in [4.78, 5) is 46.4. The van der Waals surface area contributed by atoms with Crippen LogP contribution in [0, 0.1) is 5.41 Å². The molecule has 152 valence electrons. The number of ether oxygens (including phenoxy) is 1. The number of aldehydes is 1. The minimum atomic E-state index is -1.34. The largest absolute Gasteiger partial charge is 0.481 e. The van der Waals surface area contributed by atoms with Crippen LogP contribution in [-0.4, -0.2) is 60.9 Å². The smallest absolute Gasteiger partial charge is 0.305 e. The highest BCUT2D eigenvalue weighted by Crippen LogP contribution is 2.12. The number of hydrogen-bond donors (Lipinski definition) is 6. The minimum absolute atomic E-state index is 0.118. The van der Waals surface area contributed by atoms with Gasteiger partial charge in [0, 0.05) is 24.8 Å². The Labute approximate surface area is 161 Å². The molecule has 7 N–H and O–H groups in total. The number of rotatable bonds is 12. The van der Waals surface area contributed by atoms with Gasteiger partial charge in [-0.1, -0.05) is 0 Å². The van der Waals surface area contributed by atoms with Crippen molar-refractivity contribution in [1.82, 2.24) is 10.6 Å². The van der Waals surface area contributed by atoms with E-state index < -0.39 is 36.3 Å². The molecule has 11 heteroatoms. The van der Waals surface area contributed by atoms with Crippen LogP contribution in [0.5, 0.6) is 0 Å². The molecular weight excluding hydrogens is 370 g/mol. The number of methoxy groups -OCH3 is 1. The number of carbonyl (C=O) groups is 4. The Hall–Kier alpha value is -3.47. The first-order valence-corrected chi connectivity index (χ1v) is 8.22. The van der Waals surface area contributed by atoms with Crippen molar-refractivity contribution >= 4 is 35.6 Å². The van der Waals surface area contributed by atoms with Crippen molar-refractivity contribution in [3.63, 3.8) is 0 Å². The first-order valence-electron chi connectivity index (χ1n) is 8.22. The Morgan fingerprint density at radius 3 is 2.36 bits per heavy atom. The van der Waals surface area contributed by atoms with Gasteiger partial charge in [-0.25, -0.2) is 0 Å². The van der Waals surface area contributed by atoms with Crippen LogP contribution in [-0.2, 0) is 23.9 Å². The Morgan fingerprint density at radius 1 is 1.21 bits per heavy atom. The Balaban J connectivity index is 2.87. The van der Waals surface area contributed by atoms with Gasteiger partial charge in [-0.2, -0.15) is 0 Å². The summed E-state index contributed by atoms with van der Waals surface area (Å²) in [6.45, 7) is -0.149. The average molecular weight is 393 g/mol. The number of nitrogen functional groups attached to an aromatic ring is 1. The number of hydrogen-bond acceptors (Lipinski definition) is 7. The number of carbonyl (C=O) groups excluding carboxylic acids is 3. The summed E-state index contributed by atoms with van der Waals surface area (Å²) < 4.78 is 4.69. The molecule has 11 nitrogen and oxygen atoms in total. The fourth-order valence-electron chi connectivity index (χ4n) is 2.20. The second kappa shape index (κ2) is 11.3. The molecular formula is C17H23N5O6. The Bertz CT molecular complexity index is 721. The zero-order valence-corrected chi connectivity index (χ0v) is 15.2. The average Bonchev–Trinajstić information content (AvgIpc) is 2.65. The van der Waals surface area contributed by atoms with Crippen molar-refractivity contribution in [1.29, 1.82) is 5.41 Å². The van der Waals surface area contributed by atoms with E-state index in [1.54, 1.807) is 24.3 Å². The molecule has 28 heavy (non-hydrogen) atoms. The molecule has 0 radical (unpaired) electrons. The molecule has 1 aromatic rings. The van der Waals surface area contributed by atoms with Crippen molar-refractivity contribution in [2.75, 3.05) is 19.2 Å². The maximum Gasteiger partial charge on any atom is 0.305 e. The fourth-order valence-corrected chi connectivity index (χ4v) is 2.20. The molecule has 0 saturated heterocycles. The van der Waals surface area contributed by atoms with E-state index in [0.717, 1.165) is 0 Å². The number of carboxylic acid groups (broad SMARTS) is 1. The predicted molar refractivity (Wildman–Crippen MR) is 99.8 cm³/mol. The molecule has 0 aromatic heterocycles. The van der Waals surface area contributed by atoms with Crippen molar-refractivity contribution < 1.29 is 29.0 Å². The third-order valence-electron chi connectivity index (χ3n) is 3.59. The molecule has 1 aromatic carbocycles. The van der Waals surface area contributed by atoms with Gasteiger partial charge in [0.25, 0.3) is 0 Å². The van der Waals surface area contributed by atoms with Crippen LogP contribution >= 0.6 is 0 Å². The van der Waals surface area contributed by atoms with Crippen LogP contribution in [0.4, 0.5) is 5.69 Å². The van der Waals surface area contributed by atoms with Gasteiger partial charge in [0.1, 0.15) is 30.9 Å². The van der Waals surface area contributed by atoms with Gasteiger partial charge in [-0.15, -0.1) is 0 Å². The monoisotopic (exact) mass is 393 g/mol. The normalized spacial score (nSPS) is 12.3. The van der Waals surface area contributed by atoms with Crippen LogP contribution in [0.3, 0.4) is 0 Å². The second-order valence-corrected chi connectivity index (χ2v) is 5.72. The van der Waals surface area contributed by atoms with Gasteiger partial charge in [-0.05, 0) is 24.3 Å². The summed E-state index contributed by atoms with van der Waals surface area (Å²) in [7, 11) is 1.34. The van der Waals surface area contributed by atoms with E-state index in [0.29, 0.717) is 17.5 Å². The van der Waals surface area contributed by atoms with Crippen LogP contribution in [0.2, 0.25) is 0 Å². The van der Waals surface area contributed by atoms with E-state index in [4.69, 9.17) is 16.2 Å². The number of carboxylic acids is 1. The standard InChI is InChI=1S/C17H23N5O6/c1-28-9-20-16(26)13(8-14(24)25)22-17(27)12(6-7-23)21-11-4-2-10(3-5-11)15(18)19/h2-5,7,12-13,21H,6,8-9H2,1H3,(H3,18,19)(H,20,26)(H,22,27)(H,24,25)/t12?,13-/m0/s1. The predicted octanol–water partition coefficient (Wildman–Crippen LogP) is -0.980. The first kappa shape index (κ1) is 22.6. The van der Waals surface area contributed by atoms with Gasteiger partial charge < -0.3 is 36.3 Å². The first-order chi connectivity index (χ1) is 13.3. The summed E-state index contributed by atoms with van der Waals surface area (Å²) in [5, 5.41) is 23.8. The molecule has 2 atom stereocenters. The van der Waals surface area contributed by atoms with E-state index in [1.807, 2.05) is 0 Å². The lowest BCUT2D eigenvalue weighted by atomic mass is 10.1. The third-order valence-corrected chi connectivity index (χ3v) is 3.59. The van der Waals surface area contributed by atoms with Crippen LogP contribution in [0.1, 0.15) is 18.4 Å². The molecule has 0 fully saturated rings. The maximum atomic E-state index is 12.5. The Morgan fingerprint density at radius 2 is 1.86 bits per heavy atom. The number of nitrogens with two attached hydrogens (primary N) is 1. The van der Waals surface area contributed by atoms with Crippen molar-refractivity contribution in [2.45, 2.75) is 24.9 Å². The number of benzene rings is 1. The number of amides is 2. The zero-order chi connectivity index (χ0) is 21.1. The number of anilines is 1.